The van der Waals surface area contributed by atoms with Crippen molar-refractivity contribution in [1.29, 1.82) is 0 Å². The van der Waals surface area contributed by atoms with Gasteiger partial charge in [0.15, 0.2) is 11.0 Å². The number of aryl methyl sites for hydroxylation is 1. The van der Waals surface area contributed by atoms with Gasteiger partial charge in [-0.2, -0.15) is 0 Å². The molecule has 0 saturated carbocycles. The van der Waals surface area contributed by atoms with Crippen molar-refractivity contribution in [1.82, 2.24) is 24.6 Å². The average Bonchev–Trinajstić information content (AvgIpc) is 3.21. The number of rotatable bonds is 6. The van der Waals surface area contributed by atoms with Crippen molar-refractivity contribution in [2.75, 3.05) is 33.2 Å². The molecule has 1 fully saturated rings. The molecule has 0 radical (unpaired) electrons. The van der Waals surface area contributed by atoms with E-state index in [1.165, 1.54) is 11.1 Å². The van der Waals surface area contributed by atoms with E-state index in [-0.39, 0.29) is 5.91 Å². The van der Waals surface area contributed by atoms with Gasteiger partial charge in [0.1, 0.15) is 0 Å². The van der Waals surface area contributed by atoms with Crippen LogP contribution in [0.5, 0.6) is 0 Å². The number of likely N-dealkylation sites (N-methyl/N-ethyl adjacent to an activating group) is 1. The van der Waals surface area contributed by atoms with Gasteiger partial charge in [-0.05, 0) is 38.6 Å². The lowest BCUT2D eigenvalue weighted by Crippen LogP contribution is -2.47. The Morgan fingerprint density at radius 1 is 0.968 bits per heavy atom. The van der Waals surface area contributed by atoms with Crippen LogP contribution in [0.15, 0.2) is 53.7 Å². The van der Waals surface area contributed by atoms with Gasteiger partial charge < -0.3 is 14.4 Å². The van der Waals surface area contributed by atoms with Crippen molar-refractivity contribution >= 4 is 17.7 Å². The first-order valence-corrected chi connectivity index (χ1v) is 11.7. The third-order valence-corrected chi connectivity index (χ3v) is 6.74. The highest BCUT2D eigenvalue weighted by molar-refractivity contribution is 7.98. The predicted octanol–water partition coefficient (Wildman–Crippen LogP) is 3.95. The maximum absolute atomic E-state index is 12.7. The van der Waals surface area contributed by atoms with Crippen LogP contribution in [0.3, 0.4) is 0 Å². The van der Waals surface area contributed by atoms with Crippen LogP contribution in [0.4, 0.5) is 0 Å². The molecule has 2 heterocycles. The summed E-state index contributed by atoms with van der Waals surface area (Å²) in [6.45, 7) is 8.47. The van der Waals surface area contributed by atoms with E-state index in [2.05, 4.69) is 64.8 Å². The number of benzene rings is 2. The molecule has 2 aromatic carbocycles. The van der Waals surface area contributed by atoms with Gasteiger partial charge in [-0.15, -0.1) is 10.2 Å². The highest BCUT2D eigenvalue weighted by atomic mass is 32.2. The number of hydrogen-bond donors (Lipinski definition) is 0. The number of hydrogen-bond acceptors (Lipinski definition) is 5. The van der Waals surface area contributed by atoms with Crippen molar-refractivity contribution < 1.29 is 4.79 Å². The molecule has 1 saturated heterocycles. The summed E-state index contributed by atoms with van der Waals surface area (Å²) in [5.41, 5.74) is 4.24. The van der Waals surface area contributed by atoms with E-state index >= 15 is 0 Å². The smallest absolute Gasteiger partial charge is 0.253 e. The molecule has 4 rings (SSSR count). The van der Waals surface area contributed by atoms with E-state index in [9.17, 15) is 4.79 Å². The number of carbonyl (C=O) groups excluding carboxylic acids is 1. The Balaban J connectivity index is 1.40. The highest BCUT2D eigenvalue weighted by Gasteiger charge is 2.20. The van der Waals surface area contributed by atoms with E-state index in [1.807, 2.05) is 29.2 Å². The van der Waals surface area contributed by atoms with Gasteiger partial charge in [0.25, 0.3) is 5.91 Å². The normalized spacial score (nSPS) is 14.7. The van der Waals surface area contributed by atoms with E-state index in [4.69, 9.17) is 0 Å². The lowest BCUT2D eigenvalue weighted by Gasteiger charge is -2.32. The number of amides is 1. The summed E-state index contributed by atoms with van der Waals surface area (Å²) in [6.07, 6.45) is 0. The fourth-order valence-corrected chi connectivity index (χ4v) is 4.64. The molecular weight excluding hydrogens is 406 g/mol. The summed E-state index contributed by atoms with van der Waals surface area (Å²) in [4.78, 5) is 16.9. The summed E-state index contributed by atoms with van der Waals surface area (Å²) >= 11 is 1.67. The largest absolute Gasteiger partial charge is 0.336 e. The van der Waals surface area contributed by atoms with Gasteiger partial charge in [0.05, 0.1) is 0 Å². The SMILES string of the molecule is CCn1c(SCc2ccc(C(=O)N3CCN(C)CC3)cc2)nnc1-c1ccc(C)cc1. The molecule has 0 atom stereocenters. The van der Waals surface area contributed by atoms with E-state index < -0.39 is 0 Å². The zero-order valence-electron chi connectivity index (χ0n) is 18.4. The molecule has 31 heavy (non-hydrogen) atoms. The molecule has 0 N–H and O–H groups in total. The van der Waals surface area contributed by atoms with Gasteiger partial charge in [-0.25, -0.2) is 0 Å². The number of piperazine rings is 1. The number of nitrogens with zero attached hydrogens (tertiary/aromatic N) is 5. The second kappa shape index (κ2) is 9.66. The van der Waals surface area contributed by atoms with Gasteiger partial charge >= 0.3 is 0 Å². The van der Waals surface area contributed by atoms with Crippen LogP contribution in [-0.2, 0) is 12.3 Å². The Kier molecular flexibility index (Phi) is 6.73. The van der Waals surface area contributed by atoms with E-state index in [1.54, 1.807) is 11.8 Å². The fourth-order valence-electron chi connectivity index (χ4n) is 3.68. The standard InChI is InChI=1S/C24H29N5OS/c1-4-29-22(20-9-5-18(2)6-10-20)25-26-24(29)31-17-19-7-11-21(12-8-19)23(30)28-15-13-27(3)14-16-28/h5-12H,4,13-17H2,1-3H3. The quantitative estimate of drug-likeness (QED) is 0.549. The van der Waals surface area contributed by atoms with Crippen LogP contribution in [0, 0.1) is 6.92 Å². The molecule has 1 aliphatic heterocycles. The first kappa shape index (κ1) is 21.6. The van der Waals surface area contributed by atoms with Gasteiger partial charge in [-0.1, -0.05) is 53.7 Å². The Labute approximate surface area is 188 Å². The Bertz CT molecular complexity index is 1020. The van der Waals surface area contributed by atoms with Crippen molar-refractivity contribution in [3.63, 3.8) is 0 Å². The first-order chi connectivity index (χ1) is 15.0. The predicted molar refractivity (Wildman–Crippen MR) is 125 cm³/mol. The summed E-state index contributed by atoms with van der Waals surface area (Å²) in [7, 11) is 2.09. The molecule has 6 nitrogen and oxygen atoms in total. The third kappa shape index (κ3) is 4.99. The molecule has 0 bridgehead atoms. The van der Waals surface area contributed by atoms with Crippen LogP contribution < -0.4 is 0 Å². The Morgan fingerprint density at radius 3 is 2.29 bits per heavy atom. The minimum Gasteiger partial charge on any atom is -0.336 e. The molecule has 0 unspecified atom stereocenters. The third-order valence-electron chi connectivity index (χ3n) is 5.70. The molecule has 7 heteroatoms. The summed E-state index contributed by atoms with van der Waals surface area (Å²) in [5, 5.41) is 9.77. The van der Waals surface area contributed by atoms with Crippen molar-refractivity contribution in [3.05, 3.63) is 65.2 Å². The molecule has 1 aliphatic rings. The summed E-state index contributed by atoms with van der Waals surface area (Å²) in [5.74, 6) is 1.81. The molecule has 1 aromatic heterocycles. The van der Waals surface area contributed by atoms with Crippen molar-refractivity contribution in [2.24, 2.45) is 0 Å². The molecule has 1 amide bonds. The minimum absolute atomic E-state index is 0.126. The van der Waals surface area contributed by atoms with Crippen LogP contribution >= 0.6 is 11.8 Å². The van der Waals surface area contributed by atoms with Crippen LogP contribution in [0.25, 0.3) is 11.4 Å². The second-order valence-electron chi connectivity index (χ2n) is 8.00. The molecular formula is C24H29N5OS. The zero-order chi connectivity index (χ0) is 21.8. The van der Waals surface area contributed by atoms with E-state index in [0.29, 0.717) is 0 Å². The Morgan fingerprint density at radius 2 is 1.65 bits per heavy atom. The van der Waals surface area contributed by atoms with E-state index in [0.717, 1.165) is 60.6 Å². The van der Waals surface area contributed by atoms with Crippen molar-refractivity contribution in [3.8, 4) is 11.4 Å². The summed E-state index contributed by atoms with van der Waals surface area (Å²) < 4.78 is 2.15. The minimum atomic E-state index is 0.126. The summed E-state index contributed by atoms with van der Waals surface area (Å²) in [6, 6.07) is 16.4. The average molecular weight is 436 g/mol. The Hall–Kier alpha value is -2.64. The van der Waals surface area contributed by atoms with Crippen molar-refractivity contribution in [2.45, 2.75) is 31.3 Å². The van der Waals surface area contributed by atoms with Crippen LogP contribution in [0.2, 0.25) is 0 Å². The maximum Gasteiger partial charge on any atom is 0.253 e. The van der Waals surface area contributed by atoms with Gasteiger partial charge in [0.2, 0.25) is 0 Å². The highest BCUT2D eigenvalue weighted by Crippen LogP contribution is 2.26. The number of thioether (sulfide) groups is 1. The maximum atomic E-state index is 12.7. The topological polar surface area (TPSA) is 54.3 Å². The van der Waals surface area contributed by atoms with Crippen LogP contribution in [-0.4, -0.2) is 63.7 Å². The molecule has 0 aliphatic carbocycles. The molecule has 0 spiro atoms. The number of aromatic nitrogens is 3. The molecule has 162 valence electrons. The van der Waals surface area contributed by atoms with Gasteiger partial charge in [-0.3, -0.25) is 4.79 Å². The lowest BCUT2D eigenvalue weighted by atomic mass is 10.1. The van der Waals surface area contributed by atoms with Crippen LogP contribution in [0.1, 0.15) is 28.4 Å². The molecule has 3 aromatic rings. The second-order valence-corrected chi connectivity index (χ2v) is 8.94. The number of carbonyl (C=O) groups is 1. The van der Waals surface area contributed by atoms with Gasteiger partial charge in [0, 0.05) is 49.6 Å². The fraction of sp³-hybridized carbons (Fsp3) is 0.375. The first-order valence-electron chi connectivity index (χ1n) is 10.7. The zero-order valence-corrected chi connectivity index (χ0v) is 19.2. The lowest BCUT2D eigenvalue weighted by molar-refractivity contribution is 0.0664. The monoisotopic (exact) mass is 435 g/mol.